The molecule has 2 N–H and O–H groups in total. The molecule has 0 saturated carbocycles. The Bertz CT molecular complexity index is 1080. The zero-order chi connectivity index (χ0) is 21.8. The van der Waals surface area contributed by atoms with Crippen molar-refractivity contribution in [2.45, 2.75) is 31.5 Å². The van der Waals surface area contributed by atoms with Gasteiger partial charge in [0.15, 0.2) is 11.5 Å². The monoisotopic (exact) mass is 442 g/mol. The number of fused-ring (bicyclic) bond motifs is 1. The Kier molecular flexibility index (Phi) is 6.21. The number of rotatable bonds is 9. The molecular weight excluding hydrogens is 420 g/mol. The van der Waals surface area contributed by atoms with Gasteiger partial charge >= 0.3 is 6.03 Å². The highest BCUT2D eigenvalue weighted by Gasteiger charge is 2.39. The number of pyridine rings is 1. The number of nitrogens with one attached hydrogen (secondary N) is 2. The van der Waals surface area contributed by atoms with E-state index in [0.717, 1.165) is 10.7 Å². The van der Waals surface area contributed by atoms with Gasteiger partial charge in [0.05, 0.1) is 25.3 Å². The molecule has 1 unspecified atom stereocenters. The molecule has 10 nitrogen and oxygen atoms in total. The average Bonchev–Trinajstić information content (AvgIpc) is 3.48. The van der Waals surface area contributed by atoms with Gasteiger partial charge in [-0.2, -0.15) is 11.8 Å². The molecule has 0 radical (unpaired) electrons. The van der Waals surface area contributed by atoms with Crippen LogP contribution < -0.4 is 10.6 Å². The van der Waals surface area contributed by atoms with Gasteiger partial charge in [0.1, 0.15) is 11.8 Å². The Labute approximate surface area is 182 Å². The predicted octanol–water partition coefficient (Wildman–Crippen LogP) is 1.74. The summed E-state index contributed by atoms with van der Waals surface area (Å²) in [7, 11) is 0. The van der Waals surface area contributed by atoms with Crippen LogP contribution in [-0.4, -0.2) is 55.4 Å². The lowest BCUT2D eigenvalue weighted by molar-refractivity contribution is -0.131. The quantitative estimate of drug-likeness (QED) is 0.484. The van der Waals surface area contributed by atoms with Crippen molar-refractivity contribution in [1.29, 1.82) is 0 Å². The van der Waals surface area contributed by atoms with E-state index in [9.17, 15) is 14.4 Å². The molecule has 1 aliphatic heterocycles. The van der Waals surface area contributed by atoms with Crippen molar-refractivity contribution >= 4 is 35.3 Å². The Hall–Kier alpha value is -3.34. The Balaban J connectivity index is 1.43. The molecule has 0 bridgehead atoms. The third-order valence-corrected chi connectivity index (χ3v) is 5.63. The SMILES string of the molecule is CSCC[C@H](NC(=O)CC1NC(=O)N(Cc2ccco2)C1=O)c1nnc2ccccn12. The van der Waals surface area contributed by atoms with Gasteiger partial charge in [-0.1, -0.05) is 6.07 Å². The van der Waals surface area contributed by atoms with Crippen molar-refractivity contribution in [3.63, 3.8) is 0 Å². The van der Waals surface area contributed by atoms with E-state index >= 15 is 0 Å². The number of hydrogen-bond donors (Lipinski definition) is 2. The highest BCUT2D eigenvalue weighted by Crippen LogP contribution is 2.20. The first-order chi connectivity index (χ1) is 15.1. The van der Waals surface area contributed by atoms with Crippen LogP contribution in [0.4, 0.5) is 4.79 Å². The molecular formula is C20H22N6O4S. The van der Waals surface area contributed by atoms with E-state index in [0.29, 0.717) is 23.7 Å². The van der Waals surface area contributed by atoms with Crippen LogP contribution in [0.15, 0.2) is 47.2 Å². The summed E-state index contributed by atoms with van der Waals surface area (Å²) in [4.78, 5) is 38.6. The van der Waals surface area contributed by atoms with Gasteiger partial charge in [0, 0.05) is 6.20 Å². The Morgan fingerprint density at radius 1 is 1.29 bits per heavy atom. The second kappa shape index (κ2) is 9.21. The van der Waals surface area contributed by atoms with Gasteiger partial charge in [-0.25, -0.2) is 4.79 Å². The minimum Gasteiger partial charge on any atom is -0.467 e. The number of nitrogens with zero attached hydrogens (tertiary/aromatic N) is 4. The number of urea groups is 1. The highest BCUT2D eigenvalue weighted by molar-refractivity contribution is 7.98. The molecule has 0 aromatic carbocycles. The first-order valence-electron chi connectivity index (χ1n) is 9.79. The second-order valence-corrected chi connectivity index (χ2v) is 8.08. The summed E-state index contributed by atoms with van der Waals surface area (Å²) < 4.78 is 7.04. The van der Waals surface area contributed by atoms with Gasteiger partial charge in [-0.05, 0) is 42.7 Å². The molecule has 0 spiro atoms. The molecule has 1 fully saturated rings. The number of aromatic nitrogens is 3. The lowest BCUT2D eigenvalue weighted by Crippen LogP contribution is -2.38. The lowest BCUT2D eigenvalue weighted by atomic mass is 10.1. The van der Waals surface area contributed by atoms with E-state index in [4.69, 9.17) is 4.42 Å². The molecule has 4 rings (SSSR count). The molecule has 4 heterocycles. The van der Waals surface area contributed by atoms with Crippen molar-refractivity contribution in [3.05, 3.63) is 54.4 Å². The average molecular weight is 443 g/mol. The van der Waals surface area contributed by atoms with Crippen LogP contribution >= 0.6 is 11.8 Å². The van der Waals surface area contributed by atoms with E-state index in [2.05, 4.69) is 20.8 Å². The van der Waals surface area contributed by atoms with Crippen LogP contribution in [0.2, 0.25) is 0 Å². The molecule has 31 heavy (non-hydrogen) atoms. The third kappa shape index (κ3) is 4.55. The summed E-state index contributed by atoms with van der Waals surface area (Å²) in [6.45, 7) is 0.0257. The number of imide groups is 1. The standard InChI is InChI=1S/C20H22N6O4S/c1-31-10-7-14(18-24-23-16-6-2-3-8-25(16)18)21-17(27)11-15-19(28)26(20(29)22-15)12-13-5-4-9-30-13/h2-6,8-9,14-15H,7,10-12H2,1H3,(H,21,27)(H,22,29)/t14-,15?/m0/s1. The summed E-state index contributed by atoms with van der Waals surface area (Å²) in [6.07, 6.45) is 5.79. The van der Waals surface area contributed by atoms with E-state index in [-0.39, 0.29) is 24.9 Å². The fourth-order valence-corrected chi connectivity index (χ4v) is 3.93. The molecule has 0 aliphatic carbocycles. The zero-order valence-electron chi connectivity index (χ0n) is 16.9. The van der Waals surface area contributed by atoms with Crippen molar-refractivity contribution in [2.75, 3.05) is 12.0 Å². The summed E-state index contributed by atoms with van der Waals surface area (Å²) in [5.41, 5.74) is 0.688. The summed E-state index contributed by atoms with van der Waals surface area (Å²) in [5, 5.41) is 13.9. The molecule has 3 aromatic rings. The first-order valence-corrected chi connectivity index (χ1v) is 11.2. The molecule has 162 valence electrons. The van der Waals surface area contributed by atoms with Gasteiger partial charge < -0.3 is 15.1 Å². The number of amides is 4. The maximum atomic E-state index is 12.8. The van der Waals surface area contributed by atoms with E-state index in [1.165, 1.54) is 6.26 Å². The number of furan rings is 1. The Morgan fingerprint density at radius 3 is 2.94 bits per heavy atom. The third-order valence-electron chi connectivity index (χ3n) is 4.99. The van der Waals surface area contributed by atoms with Gasteiger partial charge in [-0.15, -0.1) is 10.2 Å². The number of carbonyl (C=O) groups excluding carboxylic acids is 3. The van der Waals surface area contributed by atoms with Crippen LogP contribution in [0, 0.1) is 0 Å². The minimum absolute atomic E-state index is 0.0257. The van der Waals surface area contributed by atoms with Gasteiger partial charge in [-0.3, -0.25) is 18.9 Å². The molecule has 3 aromatic heterocycles. The number of carbonyl (C=O) groups is 3. The largest absolute Gasteiger partial charge is 0.467 e. The summed E-state index contributed by atoms with van der Waals surface area (Å²) in [6, 6.07) is 7.11. The van der Waals surface area contributed by atoms with Crippen molar-refractivity contribution in [2.24, 2.45) is 0 Å². The van der Waals surface area contributed by atoms with Crippen LogP contribution in [0.3, 0.4) is 0 Å². The van der Waals surface area contributed by atoms with Crippen molar-refractivity contribution in [1.82, 2.24) is 30.1 Å². The fraction of sp³-hybridized carbons (Fsp3) is 0.350. The van der Waals surface area contributed by atoms with Crippen LogP contribution in [0.5, 0.6) is 0 Å². The van der Waals surface area contributed by atoms with E-state index < -0.39 is 18.0 Å². The summed E-state index contributed by atoms with van der Waals surface area (Å²) >= 11 is 1.66. The molecule has 1 aliphatic rings. The van der Waals surface area contributed by atoms with E-state index in [1.54, 1.807) is 23.9 Å². The fourth-order valence-electron chi connectivity index (χ4n) is 3.46. The molecule has 11 heteroatoms. The zero-order valence-corrected chi connectivity index (χ0v) is 17.7. The number of hydrogen-bond acceptors (Lipinski definition) is 7. The maximum Gasteiger partial charge on any atom is 0.325 e. The summed E-state index contributed by atoms with van der Waals surface area (Å²) in [5.74, 6) is 1.12. The molecule has 4 amide bonds. The van der Waals surface area contributed by atoms with Crippen molar-refractivity contribution < 1.29 is 18.8 Å². The first kappa shape index (κ1) is 20.9. The van der Waals surface area contributed by atoms with Crippen LogP contribution in [0.1, 0.15) is 30.5 Å². The van der Waals surface area contributed by atoms with Gasteiger partial charge in [0.25, 0.3) is 5.91 Å². The van der Waals surface area contributed by atoms with Crippen molar-refractivity contribution in [3.8, 4) is 0 Å². The highest BCUT2D eigenvalue weighted by atomic mass is 32.2. The Morgan fingerprint density at radius 2 is 2.16 bits per heavy atom. The maximum absolute atomic E-state index is 12.8. The normalized spacial score (nSPS) is 17.2. The molecule has 1 saturated heterocycles. The van der Waals surface area contributed by atoms with Crippen LogP contribution in [-0.2, 0) is 16.1 Å². The number of thioether (sulfide) groups is 1. The smallest absolute Gasteiger partial charge is 0.325 e. The van der Waals surface area contributed by atoms with E-state index in [1.807, 2.05) is 35.1 Å². The molecule has 2 atom stereocenters. The van der Waals surface area contributed by atoms with Gasteiger partial charge in [0.2, 0.25) is 5.91 Å². The minimum atomic E-state index is -0.918. The topological polar surface area (TPSA) is 122 Å². The second-order valence-electron chi connectivity index (χ2n) is 7.10. The van der Waals surface area contributed by atoms with Crippen LogP contribution in [0.25, 0.3) is 5.65 Å². The lowest BCUT2D eigenvalue weighted by Gasteiger charge is -2.18. The predicted molar refractivity (Wildman–Crippen MR) is 113 cm³/mol.